The van der Waals surface area contributed by atoms with E-state index in [1.807, 2.05) is 37.8 Å². The molecule has 1 aromatic carbocycles. The quantitative estimate of drug-likeness (QED) is 0.768. The van der Waals surface area contributed by atoms with Gasteiger partial charge in [0.15, 0.2) is 6.54 Å². The van der Waals surface area contributed by atoms with Crippen molar-refractivity contribution in [2.75, 3.05) is 44.2 Å². The smallest absolute Gasteiger partial charge is 0.275 e. The van der Waals surface area contributed by atoms with E-state index in [2.05, 4.69) is 5.32 Å². The van der Waals surface area contributed by atoms with Gasteiger partial charge in [-0.1, -0.05) is 0 Å². The number of hydrogen-bond donors (Lipinski definition) is 2. The topological polar surface area (TPSA) is 74.2 Å². The molecule has 0 spiro atoms. The highest BCUT2D eigenvalue weighted by Gasteiger charge is 2.27. The van der Waals surface area contributed by atoms with Crippen molar-refractivity contribution in [1.82, 2.24) is 10.2 Å². The first-order chi connectivity index (χ1) is 13.2. The zero-order valence-electron chi connectivity index (χ0n) is 17.1. The largest absolute Gasteiger partial charge is 0.347 e. The van der Waals surface area contributed by atoms with Gasteiger partial charge in [-0.05, 0) is 51.5 Å². The van der Waals surface area contributed by atoms with Crippen molar-refractivity contribution >= 4 is 23.4 Å². The highest BCUT2D eigenvalue weighted by atomic mass is 16.2. The Morgan fingerprint density at radius 3 is 2.25 bits per heavy atom. The average molecular weight is 388 g/mol. The van der Waals surface area contributed by atoms with E-state index in [0.29, 0.717) is 31.6 Å². The Morgan fingerprint density at radius 2 is 1.71 bits per heavy atom. The molecule has 0 aromatic heterocycles. The minimum Gasteiger partial charge on any atom is -0.347 e. The summed E-state index contributed by atoms with van der Waals surface area (Å²) in [6.45, 7) is 9.93. The first-order valence-electron chi connectivity index (χ1n) is 10.1. The van der Waals surface area contributed by atoms with Gasteiger partial charge < -0.3 is 20.0 Å². The van der Waals surface area contributed by atoms with Crippen LogP contribution in [0, 0.1) is 0 Å². The van der Waals surface area contributed by atoms with Crippen LogP contribution in [-0.2, 0) is 9.59 Å². The number of carbonyl (C=O) groups is 3. The van der Waals surface area contributed by atoms with E-state index in [0.717, 1.165) is 31.7 Å². The lowest BCUT2D eigenvalue weighted by Gasteiger charge is -2.32. The number of carbonyl (C=O) groups excluding carboxylic acids is 3. The van der Waals surface area contributed by atoms with Gasteiger partial charge in [0.1, 0.15) is 0 Å². The normalized spacial score (nSPS) is 18.5. The van der Waals surface area contributed by atoms with Crippen LogP contribution in [0.15, 0.2) is 24.3 Å². The van der Waals surface area contributed by atoms with Gasteiger partial charge >= 0.3 is 0 Å². The molecule has 0 unspecified atom stereocenters. The lowest BCUT2D eigenvalue weighted by molar-refractivity contribution is -0.896. The second-order valence-electron chi connectivity index (χ2n) is 8.71. The molecule has 3 amide bonds. The summed E-state index contributed by atoms with van der Waals surface area (Å²) in [7, 11) is 0. The third kappa shape index (κ3) is 5.10. The molecule has 0 saturated carbocycles. The van der Waals surface area contributed by atoms with Crippen molar-refractivity contribution in [1.29, 1.82) is 0 Å². The number of piperazine rings is 1. The van der Waals surface area contributed by atoms with Crippen molar-refractivity contribution < 1.29 is 19.3 Å². The van der Waals surface area contributed by atoms with Gasteiger partial charge in [0, 0.05) is 29.8 Å². The summed E-state index contributed by atoms with van der Waals surface area (Å²) < 4.78 is 0. The minimum atomic E-state index is -0.222. The Labute approximate surface area is 166 Å². The van der Waals surface area contributed by atoms with Crippen LogP contribution in [0.3, 0.4) is 0 Å². The third-order valence-corrected chi connectivity index (χ3v) is 5.18. The fourth-order valence-electron chi connectivity index (χ4n) is 3.78. The van der Waals surface area contributed by atoms with Gasteiger partial charge in [0.25, 0.3) is 11.8 Å². The summed E-state index contributed by atoms with van der Waals surface area (Å²) in [6.07, 6.45) is 1.49. The summed E-state index contributed by atoms with van der Waals surface area (Å²) in [4.78, 5) is 41.5. The van der Waals surface area contributed by atoms with Gasteiger partial charge in [-0.25, -0.2) is 0 Å². The lowest BCUT2D eigenvalue weighted by Crippen LogP contribution is -3.16. The van der Waals surface area contributed by atoms with E-state index in [9.17, 15) is 14.4 Å². The van der Waals surface area contributed by atoms with Crippen LogP contribution in [0.1, 0.15) is 44.0 Å². The average Bonchev–Trinajstić information content (AvgIpc) is 3.06. The summed E-state index contributed by atoms with van der Waals surface area (Å²) in [5.74, 6) is 0.209. The lowest BCUT2D eigenvalue weighted by atomic mass is 10.1. The maximum absolute atomic E-state index is 12.8. The molecule has 0 bridgehead atoms. The Morgan fingerprint density at radius 1 is 1.07 bits per heavy atom. The number of amides is 3. The van der Waals surface area contributed by atoms with Crippen LogP contribution in [0.25, 0.3) is 0 Å². The van der Waals surface area contributed by atoms with E-state index in [1.165, 1.54) is 4.90 Å². The maximum atomic E-state index is 12.8. The number of quaternary nitrogens is 1. The zero-order chi connectivity index (χ0) is 20.3. The molecule has 2 fully saturated rings. The molecule has 0 aliphatic carbocycles. The second-order valence-corrected chi connectivity index (χ2v) is 8.71. The maximum Gasteiger partial charge on any atom is 0.275 e. The third-order valence-electron chi connectivity index (χ3n) is 5.18. The zero-order valence-corrected chi connectivity index (χ0v) is 17.1. The fourth-order valence-corrected chi connectivity index (χ4v) is 3.78. The molecule has 2 N–H and O–H groups in total. The molecule has 3 rings (SSSR count). The molecule has 2 aliphatic heterocycles. The molecule has 152 valence electrons. The molecule has 2 heterocycles. The Kier molecular flexibility index (Phi) is 6.03. The van der Waals surface area contributed by atoms with Gasteiger partial charge in [-0.3, -0.25) is 14.4 Å². The molecule has 2 aliphatic rings. The highest BCUT2D eigenvalue weighted by molar-refractivity contribution is 5.97. The van der Waals surface area contributed by atoms with Gasteiger partial charge in [0.2, 0.25) is 5.91 Å². The highest BCUT2D eigenvalue weighted by Crippen LogP contribution is 2.22. The Balaban J connectivity index is 1.51. The molecule has 7 nitrogen and oxygen atoms in total. The summed E-state index contributed by atoms with van der Waals surface area (Å²) in [5, 5.41) is 2.99. The summed E-state index contributed by atoms with van der Waals surface area (Å²) >= 11 is 0. The predicted molar refractivity (Wildman–Crippen MR) is 107 cm³/mol. The van der Waals surface area contributed by atoms with Gasteiger partial charge in [0.05, 0.1) is 26.2 Å². The van der Waals surface area contributed by atoms with Crippen molar-refractivity contribution in [2.45, 2.75) is 39.2 Å². The van der Waals surface area contributed by atoms with Crippen molar-refractivity contribution in [2.24, 2.45) is 0 Å². The summed E-state index contributed by atoms with van der Waals surface area (Å²) in [6, 6.07) is 7.32. The van der Waals surface area contributed by atoms with Crippen molar-refractivity contribution in [3.63, 3.8) is 0 Å². The van der Waals surface area contributed by atoms with Crippen LogP contribution in [0.4, 0.5) is 5.69 Å². The number of anilines is 1. The molecule has 2 saturated heterocycles. The molecular formula is C21H31N4O3+. The Hall–Kier alpha value is -2.41. The number of nitrogens with zero attached hydrogens (tertiary/aromatic N) is 2. The molecule has 28 heavy (non-hydrogen) atoms. The van der Waals surface area contributed by atoms with E-state index < -0.39 is 0 Å². The van der Waals surface area contributed by atoms with E-state index in [-0.39, 0.29) is 23.3 Å². The monoisotopic (exact) mass is 387 g/mol. The fraction of sp³-hybridized carbons (Fsp3) is 0.571. The number of benzene rings is 1. The molecule has 7 heteroatoms. The summed E-state index contributed by atoms with van der Waals surface area (Å²) in [5.41, 5.74) is 1.28. The van der Waals surface area contributed by atoms with Crippen molar-refractivity contribution in [3.8, 4) is 0 Å². The first-order valence-corrected chi connectivity index (χ1v) is 10.1. The molecule has 1 aromatic rings. The van der Waals surface area contributed by atoms with Gasteiger partial charge in [-0.15, -0.1) is 0 Å². The molecular weight excluding hydrogens is 356 g/mol. The van der Waals surface area contributed by atoms with E-state index in [4.69, 9.17) is 0 Å². The van der Waals surface area contributed by atoms with Crippen LogP contribution in [0.5, 0.6) is 0 Å². The van der Waals surface area contributed by atoms with E-state index >= 15 is 0 Å². The minimum absolute atomic E-state index is 0.0116. The second kappa shape index (κ2) is 8.31. The van der Waals surface area contributed by atoms with Crippen LogP contribution in [0.2, 0.25) is 0 Å². The van der Waals surface area contributed by atoms with Crippen LogP contribution >= 0.6 is 0 Å². The van der Waals surface area contributed by atoms with Crippen molar-refractivity contribution in [3.05, 3.63) is 29.8 Å². The number of rotatable bonds is 4. The van der Waals surface area contributed by atoms with E-state index in [1.54, 1.807) is 17.0 Å². The standard InChI is InChI=1S/C21H30N4O3/c1-21(2,3)22-18(26)15-23-11-13-24(14-12-23)20(28)16-6-8-17(9-7-16)25-10-4-5-19(25)27/h6-9H,4-5,10-15H2,1-3H3,(H,22,26)/p+1. The molecule has 0 atom stereocenters. The number of hydrogen-bond acceptors (Lipinski definition) is 3. The number of nitrogens with one attached hydrogen (secondary N) is 2. The first kappa shape index (κ1) is 20.3. The van der Waals surface area contributed by atoms with Crippen LogP contribution in [-0.4, -0.2) is 67.4 Å². The SMILES string of the molecule is CC(C)(C)NC(=O)C[NH+]1CCN(C(=O)c2ccc(N3CCCC3=O)cc2)CC1. The van der Waals surface area contributed by atoms with Gasteiger partial charge in [-0.2, -0.15) is 0 Å². The predicted octanol–water partition coefficient (Wildman–Crippen LogP) is 0.0688. The van der Waals surface area contributed by atoms with Crippen LogP contribution < -0.4 is 15.1 Å². The Bertz CT molecular complexity index is 731. The molecule has 0 radical (unpaired) electrons.